The smallest absolute Gasteiger partial charge is 0.161 e. The van der Waals surface area contributed by atoms with E-state index in [1.807, 2.05) is 72.0 Å². The van der Waals surface area contributed by atoms with Gasteiger partial charge in [0.2, 0.25) is 0 Å². The van der Waals surface area contributed by atoms with Gasteiger partial charge in [-0.05, 0) is 71.0 Å². The number of nitrogens with zero attached hydrogens (tertiary/aromatic N) is 3. The number of aliphatic imine (C=N–C) groups is 3. The van der Waals surface area contributed by atoms with Crippen LogP contribution in [0, 0.1) is 0 Å². The number of allylic oxidation sites excluding steroid dienone is 1. The Kier molecular flexibility index (Phi) is 7.13. The fourth-order valence-electron chi connectivity index (χ4n) is 6.63. The number of rotatable bonds is 5. The highest BCUT2D eigenvalue weighted by molar-refractivity contribution is 7.19. The predicted molar refractivity (Wildman–Crippen MR) is 191 cm³/mol. The van der Waals surface area contributed by atoms with E-state index in [-0.39, 0.29) is 0 Å². The van der Waals surface area contributed by atoms with Crippen LogP contribution in [0.1, 0.15) is 50.2 Å². The van der Waals surface area contributed by atoms with Gasteiger partial charge in [-0.25, -0.2) is 9.98 Å². The number of hydrogen-bond acceptors (Lipinski definition) is 2. The highest BCUT2D eigenvalue weighted by Crippen LogP contribution is 2.44. The van der Waals surface area contributed by atoms with Gasteiger partial charge < -0.3 is 0 Å². The maximum absolute atomic E-state index is 5.00. The summed E-state index contributed by atoms with van der Waals surface area (Å²) < 4.78 is 1.39. The maximum atomic E-state index is 5.00. The van der Waals surface area contributed by atoms with Gasteiger partial charge in [0.05, 0.1) is 6.54 Å². The molecule has 0 aliphatic heterocycles. The van der Waals surface area contributed by atoms with E-state index in [9.17, 15) is 0 Å². The lowest BCUT2D eigenvalue weighted by Gasteiger charge is -2.16. The molecular weight excluding hydrogens is 567 g/mol. The molecule has 0 bridgehead atoms. The lowest BCUT2D eigenvalue weighted by molar-refractivity contribution is 1.01. The number of aryl methyl sites for hydroxylation is 1. The van der Waals surface area contributed by atoms with Crippen molar-refractivity contribution >= 4 is 45.4 Å². The van der Waals surface area contributed by atoms with Crippen LogP contribution < -0.4 is 0 Å². The Morgan fingerprint density at radius 1 is 0.711 bits per heavy atom. The SMILES string of the molecule is C=NC(=NC(=NCc1ccc2c(c1)Cc1cc(C3=CCCc4sc5ccccc5c43)ccc1-2)c1ccccc1)c1ccccc1. The number of thiophene rings is 1. The Bertz CT molecular complexity index is 2170. The Morgan fingerprint density at radius 2 is 1.40 bits per heavy atom. The van der Waals surface area contributed by atoms with E-state index in [1.54, 1.807) is 0 Å². The van der Waals surface area contributed by atoms with Crippen molar-refractivity contribution in [2.45, 2.75) is 25.8 Å². The second-order valence-corrected chi connectivity index (χ2v) is 12.7. The summed E-state index contributed by atoms with van der Waals surface area (Å²) >= 11 is 1.96. The van der Waals surface area contributed by atoms with Crippen molar-refractivity contribution in [1.82, 2.24) is 0 Å². The van der Waals surface area contributed by atoms with Gasteiger partial charge in [-0.1, -0.05) is 121 Å². The van der Waals surface area contributed by atoms with Crippen LogP contribution in [0.4, 0.5) is 0 Å². The van der Waals surface area contributed by atoms with Crippen molar-refractivity contribution in [3.05, 3.63) is 171 Å². The number of amidine groups is 2. The first-order chi connectivity index (χ1) is 22.2. The van der Waals surface area contributed by atoms with Gasteiger partial charge in [0.15, 0.2) is 11.7 Å². The quantitative estimate of drug-likeness (QED) is 0.140. The van der Waals surface area contributed by atoms with E-state index in [0.29, 0.717) is 18.2 Å². The lowest BCUT2D eigenvalue weighted by atomic mass is 9.88. The van der Waals surface area contributed by atoms with Crippen molar-refractivity contribution in [3.63, 3.8) is 0 Å². The van der Waals surface area contributed by atoms with Crippen molar-refractivity contribution in [3.8, 4) is 11.1 Å². The molecule has 0 N–H and O–H groups in total. The minimum atomic E-state index is 0.530. The topological polar surface area (TPSA) is 37.1 Å². The first kappa shape index (κ1) is 27.4. The Hall–Kier alpha value is -5.19. The maximum Gasteiger partial charge on any atom is 0.161 e. The van der Waals surface area contributed by atoms with Gasteiger partial charge in [-0.2, -0.15) is 0 Å². The molecule has 45 heavy (non-hydrogen) atoms. The molecule has 3 nitrogen and oxygen atoms in total. The van der Waals surface area contributed by atoms with Crippen molar-refractivity contribution < 1.29 is 0 Å². The molecule has 0 saturated carbocycles. The second-order valence-electron chi connectivity index (χ2n) is 11.6. The van der Waals surface area contributed by atoms with E-state index in [0.717, 1.165) is 30.4 Å². The van der Waals surface area contributed by atoms with Gasteiger partial charge in [0.25, 0.3) is 0 Å². The second kappa shape index (κ2) is 11.7. The molecule has 0 radical (unpaired) electrons. The molecule has 1 heterocycles. The zero-order valence-corrected chi connectivity index (χ0v) is 25.7. The molecule has 0 unspecified atom stereocenters. The monoisotopic (exact) mass is 597 g/mol. The summed E-state index contributed by atoms with van der Waals surface area (Å²) in [6.07, 6.45) is 5.61. The summed E-state index contributed by atoms with van der Waals surface area (Å²) in [4.78, 5) is 15.6. The largest absolute Gasteiger partial charge is 0.261 e. The van der Waals surface area contributed by atoms with E-state index in [1.165, 1.54) is 59.5 Å². The van der Waals surface area contributed by atoms with Crippen LogP contribution in [0.3, 0.4) is 0 Å². The Balaban J connectivity index is 1.09. The van der Waals surface area contributed by atoms with Crippen molar-refractivity contribution in [2.24, 2.45) is 15.0 Å². The van der Waals surface area contributed by atoms with Gasteiger partial charge in [0, 0.05) is 31.7 Å². The molecule has 1 aromatic heterocycles. The summed E-state index contributed by atoms with van der Waals surface area (Å²) in [5.41, 5.74) is 12.6. The minimum Gasteiger partial charge on any atom is -0.261 e. The molecule has 4 heteroatoms. The molecule has 8 rings (SSSR count). The van der Waals surface area contributed by atoms with Gasteiger partial charge >= 0.3 is 0 Å². The van der Waals surface area contributed by atoms with Crippen LogP contribution in [0.15, 0.2) is 142 Å². The summed E-state index contributed by atoms with van der Waals surface area (Å²) in [7, 11) is 0. The number of hydrogen-bond donors (Lipinski definition) is 0. The summed E-state index contributed by atoms with van der Waals surface area (Å²) in [6.45, 7) is 4.31. The molecule has 2 aliphatic rings. The molecule has 2 aliphatic carbocycles. The fraction of sp³-hybridized carbons (Fsp3) is 0.0976. The van der Waals surface area contributed by atoms with E-state index in [2.05, 4.69) is 78.4 Å². The standard InChI is InChI=1S/C41H31N3S/c1-42-40(28-11-4-2-5-12-28)44-41(29-13-6-3-7-14-29)43-26-27-19-21-33-31(23-27)25-32-24-30(20-22-34(32)33)35-16-10-18-38-39(35)36-15-8-9-17-37(36)45-38/h2-9,11-17,19-24H,1,10,18,25-26H2. The number of fused-ring (bicyclic) bond motifs is 6. The van der Waals surface area contributed by atoms with Crippen LogP contribution >= 0.6 is 11.3 Å². The Labute approximate surface area is 267 Å². The summed E-state index contributed by atoms with van der Waals surface area (Å²) in [5, 5.41) is 1.39. The zero-order chi connectivity index (χ0) is 30.2. The van der Waals surface area contributed by atoms with Crippen molar-refractivity contribution in [1.29, 1.82) is 0 Å². The van der Waals surface area contributed by atoms with Crippen LogP contribution in [0.5, 0.6) is 0 Å². The molecule has 0 spiro atoms. The highest BCUT2D eigenvalue weighted by atomic mass is 32.1. The predicted octanol–water partition coefficient (Wildman–Crippen LogP) is 9.94. The van der Waals surface area contributed by atoms with Crippen LogP contribution in [-0.4, -0.2) is 18.4 Å². The third-order valence-electron chi connectivity index (χ3n) is 8.75. The lowest BCUT2D eigenvalue weighted by Crippen LogP contribution is -2.05. The summed E-state index contributed by atoms with van der Waals surface area (Å²) in [5.74, 6) is 1.21. The molecule has 0 atom stereocenters. The van der Waals surface area contributed by atoms with Gasteiger partial charge in [0.1, 0.15) is 0 Å². The molecule has 0 amide bonds. The zero-order valence-electron chi connectivity index (χ0n) is 24.9. The first-order valence-electron chi connectivity index (χ1n) is 15.4. The third kappa shape index (κ3) is 5.17. The van der Waals surface area contributed by atoms with Crippen LogP contribution in [-0.2, 0) is 19.4 Å². The molecular formula is C41H31N3S. The average Bonchev–Trinajstić information content (AvgIpc) is 3.66. The van der Waals surface area contributed by atoms with Crippen LogP contribution in [0.25, 0.3) is 26.8 Å². The van der Waals surface area contributed by atoms with E-state index in [4.69, 9.17) is 9.98 Å². The third-order valence-corrected chi connectivity index (χ3v) is 9.98. The first-order valence-corrected chi connectivity index (χ1v) is 16.2. The number of benzene rings is 5. The summed E-state index contributed by atoms with van der Waals surface area (Å²) in [6, 6.07) is 42.7. The van der Waals surface area contributed by atoms with E-state index >= 15 is 0 Å². The molecule has 6 aromatic rings. The minimum absolute atomic E-state index is 0.530. The normalized spacial score (nSPS) is 14.1. The Morgan fingerprint density at radius 3 is 2.18 bits per heavy atom. The van der Waals surface area contributed by atoms with E-state index < -0.39 is 0 Å². The molecule has 0 fully saturated rings. The molecule has 5 aromatic carbocycles. The van der Waals surface area contributed by atoms with Gasteiger partial charge in [-0.3, -0.25) is 4.99 Å². The van der Waals surface area contributed by atoms with Crippen molar-refractivity contribution in [2.75, 3.05) is 0 Å². The molecule has 216 valence electrons. The average molecular weight is 598 g/mol. The highest BCUT2D eigenvalue weighted by Gasteiger charge is 2.23. The fourth-order valence-corrected chi connectivity index (χ4v) is 7.87. The van der Waals surface area contributed by atoms with Crippen LogP contribution in [0.2, 0.25) is 0 Å². The molecule has 0 saturated heterocycles. The van der Waals surface area contributed by atoms with Gasteiger partial charge in [-0.15, -0.1) is 11.3 Å².